The zero-order valence-corrected chi connectivity index (χ0v) is 13.1. The van der Waals surface area contributed by atoms with Crippen molar-refractivity contribution in [1.82, 2.24) is 25.2 Å². The molecule has 22 heavy (non-hydrogen) atoms. The molecule has 2 amide bonds. The number of nitrogens with zero attached hydrogens (tertiary/aromatic N) is 4. The van der Waals surface area contributed by atoms with Crippen LogP contribution in [0.2, 0.25) is 0 Å². The van der Waals surface area contributed by atoms with Crippen molar-refractivity contribution in [3.63, 3.8) is 0 Å². The highest BCUT2D eigenvalue weighted by molar-refractivity contribution is 5.91. The first-order valence-electron chi connectivity index (χ1n) is 7.62. The van der Waals surface area contributed by atoms with E-state index in [-0.39, 0.29) is 23.6 Å². The Bertz CT molecular complexity index is 516. The van der Waals surface area contributed by atoms with Gasteiger partial charge in [-0.1, -0.05) is 12.1 Å². The minimum absolute atomic E-state index is 0.138. The Morgan fingerprint density at radius 3 is 3.05 bits per heavy atom. The lowest BCUT2D eigenvalue weighted by molar-refractivity contribution is -0.131. The Morgan fingerprint density at radius 2 is 2.32 bits per heavy atom. The maximum Gasteiger partial charge on any atom is 0.273 e. The topological polar surface area (TPSA) is 89.4 Å². The molecule has 8 heteroatoms. The van der Waals surface area contributed by atoms with Crippen LogP contribution in [0.1, 0.15) is 36.7 Å². The van der Waals surface area contributed by atoms with Crippen molar-refractivity contribution in [3.05, 3.63) is 11.9 Å². The van der Waals surface area contributed by atoms with Crippen molar-refractivity contribution >= 4 is 11.8 Å². The van der Waals surface area contributed by atoms with Gasteiger partial charge in [0.25, 0.3) is 5.91 Å². The van der Waals surface area contributed by atoms with Gasteiger partial charge in [0.1, 0.15) is 0 Å². The van der Waals surface area contributed by atoms with Crippen molar-refractivity contribution in [2.45, 2.75) is 38.8 Å². The van der Waals surface area contributed by atoms with Crippen LogP contribution in [-0.2, 0) is 16.1 Å². The fraction of sp³-hybridized carbons (Fsp3) is 0.714. The van der Waals surface area contributed by atoms with Crippen molar-refractivity contribution in [3.8, 4) is 0 Å². The summed E-state index contributed by atoms with van der Waals surface area (Å²) in [4.78, 5) is 25.6. The first-order chi connectivity index (χ1) is 10.7. The molecule has 0 unspecified atom stereocenters. The Balaban J connectivity index is 1.91. The third-order valence-electron chi connectivity index (χ3n) is 3.76. The molecule has 0 aromatic carbocycles. The molecular formula is C14H23N5O3. The predicted octanol–water partition coefficient (Wildman–Crippen LogP) is 0.0553. The third-order valence-corrected chi connectivity index (χ3v) is 3.76. The number of rotatable bonds is 7. The zero-order valence-electron chi connectivity index (χ0n) is 13.1. The van der Waals surface area contributed by atoms with Gasteiger partial charge in [-0.25, -0.2) is 4.68 Å². The molecule has 1 N–H and O–H groups in total. The fourth-order valence-corrected chi connectivity index (χ4v) is 2.62. The van der Waals surface area contributed by atoms with Crippen LogP contribution in [0.4, 0.5) is 0 Å². The van der Waals surface area contributed by atoms with Crippen LogP contribution in [0.25, 0.3) is 0 Å². The van der Waals surface area contributed by atoms with Gasteiger partial charge in [-0.2, -0.15) is 0 Å². The minimum atomic E-state index is -0.267. The van der Waals surface area contributed by atoms with Crippen LogP contribution in [0, 0.1) is 0 Å². The van der Waals surface area contributed by atoms with Gasteiger partial charge >= 0.3 is 0 Å². The summed E-state index contributed by atoms with van der Waals surface area (Å²) < 4.78 is 6.51. The second-order valence-electron chi connectivity index (χ2n) is 5.31. The Hall–Kier alpha value is -1.96. The molecule has 2 rings (SSSR count). The number of carbonyl (C=O) groups excluding carboxylic acids is 2. The van der Waals surface area contributed by atoms with Crippen LogP contribution in [0.5, 0.6) is 0 Å². The van der Waals surface area contributed by atoms with Gasteiger partial charge < -0.3 is 15.0 Å². The number of hydrogen-bond donors (Lipinski definition) is 1. The van der Waals surface area contributed by atoms with E-state index in [0.29, 0.717) is 26.1 Å². The molecule has 0 aliphatic carbocycles. The number of hydrogen-bond acceptors (Lipinski definition) is 5. The van der Waals surface area contributed by atoms with E-state index in [9.17, 15) is 9.59 Å². The van der Waals surface area contributed by atoms with Gasteiger partial charge in [0, 0.05) is 26.6 Å². The molecule has 1 aromatic rings. The predicted molar refractivity (Wildman–Crippen MR) is 79.3 cm³/mol. The number of carbonyl (C=O) groups is 2. The van der Waals surface area contributed by atoms with Crippen LogP contribution < -0.4 is 5.32 Å². The number of likely N-dealkylation sites (tertiary alicyclic amines) is 1. The zero-order chi connectivity index (χ0) is 15.9. The van der Waals surface area contributed by atoms with E-state index in [1.165, 1.54) is 0 Å². The highest BCUT2D eigenvalue weighted by Gasteiger charge is 2.28. The average Bonchev–Trinajstić information content (AvgIpc) is 3.16. The van der Waals surface area contributed by atoms with E-state index in [4.69, 9.17) is 4.74 Å². The molecule has 0 spiro atoms. The molecule has 0 radical (unpaired) electrons. The largest absolute Gasteiger partial charge is 0.383 e. The van der Waals surface area contributed by atoms with Crippen LogP contribution >= 0.6 is 0 Å². The fourth-order valence-electron chi connectivity index (χ4n) is 2.62. The molecule has 1 fully saturated rings. The lowest BCUT2D eigenvalue weighted by atomic mass is 10.2. The monoisotopic (exact) mass is 309 g/mol. The second kappa shape index (κ2) is 7.88. The quantitative estimate of drug-likeness (QED) is 0.719. The number of methoxy groups -OCH3 is 1. The van der Waals surface area contributed by atoms with Crippen molar-refractivity contribution in [1.29, 1.82) is 0 Å². The molecule has 1 aliphatic rings. The lowest BCUT2D eigenvalue weighted by Crippen LogP contribution is -2.37. The summed E-state index contributed by atoms with van der Waals surface area (Å²) >= 11 is 0. The van der Waals surface area contributed by atoms with E-state index in [1.54, 1.807) is 18.0 Å². The summed E-state index contributed by atoms with van der Waals surface area (Å²) in [7, 11) is 1.58. The Morgan fingerprint density at radius 1 is 1.50 bits per heavy atom. The SMILES string of the molecule is CCC(=O)N1CCC[C@H]1Cn1cc(C(=O)NCCOC)nn1. The second-order valence-corrected chi connectivity index (χ2v) is 5.31. The van der Waals surface area contributed by atoms with E-state index in [0.717, 1.165) is 19.4 Å². The maximum absolute atomic E-state index is 11.9. The van der Waals surface area contributed by atoms with E-state index in [1.807, 2.05) is 11.8 Å². The smallest absolute Gasteiger partial charge is 0.273 e. The summed E-state index contributed by atoms with van der Waals surface area (Å²) in [5.74, 6) is -0.101. The summed E-state index contributed by atoms with van der Waals surface area (Å²) in [5, 5.41) is 10.6. The summed E-state index contributed by atoms with van der Waals surface area (Å²) in [5.41, 5.74) is 0.280. The van der Waals surface area contributed by atoms with Crippen LogP contribution in [0.3, 0.4) is 0 Å². The van der Waals surface area contributed by atoms with Gasteiger partial charge in [-0.15, -0.1) is 5.10 Å². The molecule has 1 aromatic heterocycles. The third kappa shape index (κ3) is 4.03. The van der Waals surface area contributed by atoms with Gasteiger partial charge in [0.15, 0.2) is 5.69 Å². The summed E-state index contributed by atoms with van der Waals surface area (Å²) in [6.07, 6.45) is 4.10. The van der Waals surface area contributed by atoms with Crippen LogP contribution in [0.15, 0.2) is 6.20 Å². The van der Waals surface area contributed by atoms with Crippen molar-refractivity contribution in [2.24, 2.45) is 0 Å². The highest BCUT2D eigenvalue weighted by Crippen LogP contribution is 2.19. The lowest BCUT2D eigenvalue weighted by Gasteiger charge is -2.23. The van der Waals surface area contributed by atoms with Crippen molar-refractivity contribution < 1.29 is 14.3 Å². The summed E-state index contributed by atoms with van der Waals surface area (Å²) in [6.45, 7) is 4.13. The normalized spacial score (nSPS) is 17.7. The Labute approximate surface area is 129 Å². The van der Waals surface area contributed by atoms with Gasteiger partial charge in [-0.05, 0) is 12.8 Å². The van der Waals surface area contributed by atoms with Crippen molar-refractivity contribution in [2.75, 3.05) is 26.8 Å². The molecule has 1 saturated heterocycles. The molecular weight excluding hydrogens is 286 g/mol. The molecule has 8 nitrogen and oxygen atoms in total. The standard InChI is InChI=1S/C14H23N5O3/c1-3-13(20)19-7-4-5-11(19)9-18-10-12(16-17-18)14(21)15-6-8-22-2/h10-11H,3-9H2,1-2H3,(H,15,21)/t11-/m0/s1. The van der Waals surface area contributed by atoms with E-state index in [2.05, 4.69) is 15.6 Å². The number of nitrogens with one attached hydrogen (secondary N) is 1. The first kappa shape index (κ1) is 16.4. The Kier molecular flexibility index (Phi) is 5.88. The molecule has 1 atom stereocenters. The maximum atomic E-state index is 11.9. The first-order valence-corrected chi connectivity index (χ1v) is 7.62. The molecule has 122 valence electrons. The molecule has 2 heterocycles. The van der Waals surface area contributed by atoms with E-state index >= 15 is 0 Å². The van der Waals surface area contributed by atoms with Crippen LogP contribution in [-0.4, -0.2) is 64.6 Å². The van der Waals surface area contributed by atoms with Gasteiger partial charge in [0.2, 0.25) is 5.91 Å². The van der Waals surface area contributed by atoms with Gasteiger partial charge in [0.05, 0.1) is 25.4 Å². The van der Waals surface area contributed by atoms with Gasteiger partial charge in [-0.3, -0.25) is 9.59 Å². The molecule has 1 aliphatic heterocycles. The highest BCUT2D eigenvalue weighted by atomic mass is 16.5. The number of aromatic nitrogens is 3. The van der Waals surface area contributed by atoms with E-state index < -0.39 is 0 Å². The molecule has 0 bridgehead atoms. The molecule has 0 saturated carbocycles. The number of amides is 2. The summed E-state index contributed by atoms with van der Waals surface area (Å²) in [6, 6.07) is 0.138. The number of ether oxygens (including phenoxy) is 1. The minimum Gasteiger partial charge on any atom is -0.383 e. The average molecular weight is 309 g/mol.